The molecule has 0 aliphatic heterocycles. The second-order valence-corrected chi connectivity index (χ2v) is 1.64. The van der Waals surface area contributed by atoms with Gasteiger partial charge in [0, 0.05) is 6.08 Å². The lowest BCUT2D eigenvalue weighted by Crippen LogP contribution is -2.21. The number of hydrogen-bond acceptors (Lipinski definition) is 3. The van der Waals surface area contributed by atoms with Crippen LogP contribution < -0.4 is 5.73 Å². The minimum absolute atomic E-state index is 0.396. The van der Waals surface area contributed by atoms with Gasteiger partial charge in [0.15, 0.2) is 0 Å². The van der Waals surface area contributed by atoms with Crippen molar-refractivity contribution in [2.24, 2.45) is 5.73 Å². The predicted octanol–water partition coefficient (Wildman–Crippen LogP) is 0.410. The van der Waals surface area contributed by atoms with Crippen molar-refractivity contribution >= 4 is 5.97 Å². The summed E-state index contributed by atoms with van der Waals surface area (Å²) in [5.74, 6) is -0.396. The van der Waals surface area contributed by atoms with Gasteiger partial charge in [0.1, 0.15) is 6.23 Å². The summed E-state index contributed by atoms with van der Waals surface area (Å²) < 4.78 is 4.54. The predicted molar refractivity (Wildman–Crippen MR) is 34.6 cm³/mol. The Bertz CT molecular complexity index is 118. The third-order valence-electron chi connectivity index (χ3n) is 0.605. The quantitative estimate of drug-likeness (QED) is 0.334. The molecule has 0 fully saturated rings. The highest BCUT2D eigenvalue weighted by atomic mass is 16.5. The standard InChI is InChI=1S/C6H11NO2/c1-3-4-6(8)9-5(2)7/h3-5H,7H2,1-2H3/b4-3+. The number of carbonyl (C=O) groups excluding carboxylic acids is 1. The van der Waals surface area contributed by atoms with E-state index in [1.165, 1.54) is 6.08 Å². The largest absolute Gasteiger partial charge is 0.444 e. The Morgan fingerprint density at radius 1 is 1.78 bits per heavy atom. The van der Waals surface area contributed by atoms with Crippen LogP contribution in [0.25, 0.3) is 0 Å². The smallest absolute Gasteiger partial charge is 0.331 e. The van der Waals surface area contributed by atoms with Crippen molar-refractivity contribution in [3.8, 4) is 0 Å². The fraction of sp³-hybridized carbons (Fsp3) is 0.500. The van der Waals surface area contributed by atoms with E-state index in [0.29, 0.717) is 0 Å². The maximum Gasteiger partial charge on any atom is 0.331 e. The zero-order valence-corrected chi connectivity index (χ0v) is 5.63. The number of rotatable bonds is 2. The highest BCUT2D eigenvalue weighted by Crippen LogP contribution is 1.83. The molecule has 0 spiro atoms. The summed E-state index contributed by atoms with van der Waals surface area (Å²) in [5, 5.41) is 0. The van der Waals surface area contributed by atoms with Gasteiger partial charge in [0.2, 0.25) is 0 Å². The van der Waals surface area contributed by atoms with E-state index in [9.17, 15) is 4.79 Å². The summed E-state index contributed by atoms with van der Waals surface area (Å²) in [6.45, 7) is 3.34. The molecule has 0 saturated carbocycles. The van der Waals surface area contributed by atoms with Gasteiger partial charge in [-0.05, 0) is 13.8 Å². The molecule has 52 valence electrons. The maximum absolute atomic E-state index is 10.5. The Balaban J connectivity index is 3.51. The van der Waals surface area contributed by atoms with Crippen LogP contribution in [-0.4, -0.2) is 12.2 Å². The van der Waals surface area contributed by atoms with Crippen LogP contribution >= 0.6 is 0 Å². The van der Waals surface area contributed by atoms with E-state index in [4.69, 9.17) is 5.73 Å². The van der Waals surface area contributed by atoms with Gasteiger partial charge in [-0.3, -0.25) is 5.73 Å². The Morgan fingerprint density at radius 3 is 2.67 bits per heavy atom. The Hall–Kier alpha value is -0.830. The first-order valence-electron chi connectivity index (χ1n) is 2.75. The molecule has 9 heavy (non-hydrogen) atoms. The molecule has 3 nitrogen and oxygen atoms in total. The Labute approximate surface area is 54.5 Å². The van der Waals surface area contributed by atoms with Crippen molar-refractivity contribution in [2.45, 2.75) is 20.1 Å². The van der Waals surface area contributed by atoms with E-state index < -0.39 is 12.2 Å². The third-order valence-corrected chi connectivity index (χ3v) is 0.605. The maximum atomic E-state index is 10.5. The van der Waals surface area contributed by atoms with Crippen LogP contribution in [0.1, 0.15) is 13.8 Å². The fourth-order valence-corrected chi connectivity index (χ4v) is 0.359. The van der Waals surface area contributed by atoms with E-state index >= 15 is 0 Å². The van der Waals surface area contributed by atoms with E-state index in [1.54, 1.807) is 19.9 Å². The molecular weight excluding hydrogens is 118 g/mol. The number of esters is 1. The summed E-state index contributed by atoms with van der Waals surface area (Å²) in [6, 6.07) is 0. The van der Waals surface area contributed by atoms with E-state index in [-0.39, 0.29) is 0 Å². The monoisotopic (exact) mass is 129 g/mol. The Morgan fingerprint density at radius 2 is 2.33 bits per heavy atom. The van der Waals surface area contributed by atoms with Crippen LogP contribution in [0.4, 0.5) is 0 Å². The molecule has 0 aromatic heterocycles. The minimum atomic E-state index is -0.520. The molecule has 0 amide bonds. The van der Waals surface area contributed by atoms with Crippen molar-refractivity contribution in [1.82, 2.24) is 0 Å². The first kappa shape index (κ1) is 8.17. The van der Waals surface area contributed by atoms with Gasteiger partial charge in [0.25, 0.3) is 0 Å². The second kappa shape index (κ2) is 4.09. The molecule has 2 N–H and O–H groups in total. The molecule has 0 aliphatic rings. The molecular formula is C6H11NO2. The average molecular weight is 129 g/mol. The molecule has 0 heterocycles. The van der Waals surface area contributed by atoms with Gasteiger partial charge in [0.05, 0.1) is 0 Å². The number of nitrogens with two attached hydrogens (primary N) is 1. The van der Waals surface area contributed by atoms with E-state index in [2.05, 4.69) is 4.74 Å². The van der Waals surface area contributed by atoms with Crippen LogP contribution in [0, 0.1) is 0 Å². The van der Waals surface area contributed by atoms with Gasteiger partial charge in [-0.1, -0.05) is 6.08 Å². The first-order chi connectivity index (χ1) is 4.16. The van der Waals surface area contributed by atoms with Crippen LogP contribution in [0.3, 0.4) is 0 Å². The molecule has 1 unspecified atom stereocenters. The van der Waals surface area contributed by atoms with Crippen molar-refractivity contribution < 1.29 is 9.53 Å². The zero-order chi connectivity index (χ0) is 7.28. The number of ether oxygens (including phenoxy) is 1. The van der Waals surface area contributed by atoms with E-state index in [1.807, 2.05) is 0 Å². The highest BCUT2D eigenvalue weighted by molar-refractivity contribution is 5.81. The summed E-state index contributed by atoms with van der Waals surface area (Å²) in [4.78, 5) is 10.5. The third kappa shape index (κ3) is 5.03. The molecule has 0 bridgehead atoms. The SMILES string of the molecule is C/C=C/C(=O)OC(C)N. The van der Waals surface area contributed by atoms with E-state index in [0.717, 1.165) is 0 Å². The zero-order valence-electron chi connectivity index (χ0n) is 5.63. The number of allylic oxidation sites excluding steroid dienone is 1. The minimum Gasteiger partial charge on any atom is -0.444 e. The summed E-state index contributed by atoms with van der Waals surface area (Å²) in [7, 11) is 0. The first-order valence-corrected chi connectivity index (χ1v) is 2.75. The number of hydrogen-bond donors (Lipinski definition) is 1. The molecule has 3 heteroatoms. The fourth-order valence-electron chi connectivity index (χ4n) is 0.359. The van der Waals surface area contributed by atoms with Gasteiger partial charge in [-0.15, -0.1) is 0 Å². The van der Waals surface area contributed by atoms with Crippen molar-refractivity contribution in [2.75, 3.05) is 0 Å². The van der Waals surface area contributed by atoms with Gasteiger partial charge >= 0.3 is 5.97 Å². The summed E-state index contributed by atoms with van der Waals surface area (Å²) in [6.07, 6.45) is 2.40. The average Bonchev–Trinajstić information content (AvgIpc) is 1.63. The highest BCUT2D eigenvalue weighted by Gasteiger charge is 1.97. The molecule has 0 rings (SSSR count). The van der Waals surface area contributed by atoms with Gasteiger partial charge in [-0.25, -0.2) is 4.79 Å². The van der Waals surface area contributed by atoms with Crippen molar-refractivity contribution in [1.29, 1.82) is 0 Å². The molecule has 0 aromatic carbocycles. The number of carbonyl (C=O) groups is 1. The Kier molecular flexibility index (Phi) is 3.71. The van der Waals surface area contributed by atoms with Crippen LogP contribution in [0.2, 0.25) is 0 Å². The molecule has 1 atom stereocenters. The lowest BCUT2D eigenvalue weighted by Gasteiger charge is -2.02. The van der Waals surface area contributed by atoms with Crippen LogP contribution in [-0.2, 0) is 9.53 Å². The van der Waals surface area contributed by atoms with Crippen molar-refractivity contribution in [3.05, 3.63) is 12.2 Å². The summed E-state index contributed by atoms with van der Waals surface area (Å²) >= 11 is 0. The van der Waals surface area contributed by atoms with Crippen molar-refractivity contribution in [3.63, 3.8) is 0 Å². The van der Waals surface area contributed by atoms with Gasteiger partial charge < -0.3 is 4.74 Å². The van der Waals surface area contributed by atoms with Crippen LogP contribution in [0.15, 0.2) is 12.2 Å². The van der Waals surface area contributed by atoms with Crippen LogP contribution in [0.5, 0.6) is 0 Å². The molecule has 0 saturated heterocycles. The topological polar surface area (TPSA) is 52.3 Å². The van der Waals surface area contributed by atoms with Gasteiger partial charge in [-0.2, -0.15) is 0 Å². The molecule has 0 aromatic rings. The summed E-state index contributed by atoms with van der Waals surface area (Å²) in [5.41, 5.74) is 5.15. The molecule has 0 radical (unpaired) electrons. The molecule has 0 aliphatic carbocycles. The normalized spacial score (nSPS) is 13.7. The lowest BCUT2D eigenvalue weighted by atomic mass is 10.5. The lowest BCUT2D eigenvalue weighted by molar-refractivity contribution is -0.141. The second-order valence-electron chi connectivity index (χ2n) is 1.64.